The fourth-order valence-electron chi connectivity index (χ4n) is 2.39. The van der Waals surface area contributed by atoms with E-state index in [2.05, 4.69) is 9.97 Å². The number of ether oxygens (including phenoxy) is 1. The highest BCUT2D eigenvalue weighted by molar-refractivity contribution is 5.82. The van der Waals surface area contributed by atoms with Crippen molar-refractivity contribution in [3.05, 3.63) is 57.9 Å². The van der Waals surface area contributed by atoms with Gasteiger partial charge in [-0.25, -0.2) is 4.79 Å². The van der Waals surface area contributed by atoms with Gasteiger partial charge in [0.05, 0.1) is 0 Å². The molecule has 1 N–H and O–H groups in total. The number of aromatic hydroxyl groups is 1. The molecule has 0 aliphatic carbocycles. The van der Waals surface area contributed by atoms with E-state index in [-0.39, 0.29) is 23.7 Å². The van der Waals surface area contributed by atoms with Crippen molar-refractivity contribution in [1.29, 1.82) is 0 Å². The summed E-state index contributed by atoms with van der Waals surface area (Å²) in [5.41, 5.74) is 1.09. The van der Waals surface area contributed by atoms with E-state index in [1.807, 2.05) is 44.2 Å². The maximum Gasteiger partial charge on any atom is 0.337 e. The predicted octanol–water partition coefficient (Wildman–Crippen LogP) is 2.99. The van der Waals surface area contributed by atoms with Gasteiger partial charge >= 0.3 is 11.6 Å². The first-order chi connectivity index (χ1) is 11.1. The minimum atomic E-state index is -0.519. The van der Waals surface area contributed by atoms with Crippen LogP contribution in [0.3, 0.4) is 0 Å². The fraction of sp³-hybridized carbons (Fsp3) is 0.235. The van der Waals surface area contributed by atoms with Gasteiger partial charge in [-0.3, -0.25) is 0 Å². The Morgan fingerprint density at radius 2 is 2.00 bits per heavy atom. The van der Waals surface area contributed by atoms with Gasteiger partial charge in [0.1, 0.15) is 11.5 Å². The van der Waals surface area contributed by atoms with Crippen LogP contribution in [0.25, 0.3) is 11.1 Å². The van der Waals surface area contributed by atoms with E-state index in [1.165, 1.54) is 6.07 Å². The maximum atomic E-state index is 11.6. The first kappa shape index (κ1) is 15.0. The number of aromatic nitrogens is 2. The van der Waals surface area contributed by atoms with Crippen molar-refractivity contribution >= 4 is 11.1 Å². The molecule has 0 amide bonds. The van der Waals surface area contributed by atoms with Crippen LogP contribution in [0.15, 0.2) is 45.6 Å². The Kier molecular flexibility index (Phi) is 3.97. The van der Waals surface area contributed by atoms with Crippen molar-refractivity contribution in [2.24, 2.45) is 0 Å². The molecule has 6 nitrogen and oxygen atoms in total. The predicted molar refractivity (Wildman–Crippen MR) is 84.6 cm³/mol. The summed E-state index contributed by atoms with van der Waals surface area (Å²) in [6.45, 7) is 3.72. The van der Waals surface area contributed by atoms with E-state index in [0.29, 0.717) is 17.4 Å². The second-order valence-corrected chi connectivity index (χ2v) is 5.12. The molecular formula is C17H16N2O4. The first-order valence-corrected chi connectivity index (χ1v) is 7.33. The van der Waals surface area contributed by atoms with Gasteiger partial charge < -0.3 is 14.3 Å². The molecule has 3 aromatic rings. The molecule has 23 heavy (non-hydrogen) atoms. The van der Waals surface area contributed by atoms with Crippen LogP contribution in [0.5, 0.6) is 11.9 Å². The van der Waals surface area contributed by atoms with Gasteiger partial charge in [0, 0.05) is 6.07 Å². The van der Waals surface area contributed by atoms with Crippen LogP contribution >= 0.6 is 0 Å². The summed E-state index contributed by atoms with van der Waals surface area (Å²) in [4.78, 5) is 19.7. The Labute approximate surface area is 132 Å². The van der Waals surface area contributed by atoms with Crippen LogP contribution in [-0.2, 0) is 6.42 Å². The highest BCUT2D eigenvalue weighted by Gasteiger charge is 2.16. The topological polar surface area (TPSA) is 85.5 Å². The third-order valence-corrected chi connectivity index (χ3v) is 3.58. The van der Waals surface area contributed by atoms with Crippen molar-refractivity contribution in [3.8, 4) is 11.9 Å². The highest BCUT2D eigenvalue weighted by atomic mass is 16.5. The molecule has 3 rings (SSSR count). The Bertz CT molecular complexity index is 890. The molecule has 0 bridgehead atoms. The lowest BCUT2D eigenvalue weighted by Gasteiger charge is -2.14. The molecule has 0 saturated heterocycles. The lowest BCUT2D eigenvalue weighted by Crippen LogP contribution is -2.07. The Morgan fingerprint density at radius 3 is 2.70 bits per heavy atom. The lowest BCUT2D eigenvalue weighted by molar-refractivity contribution is 0.205. The summed E-state index contributed by atoms with van der Waals surface area (Å²) < 4.78 is 10.7. The van der Waals surface area contributed by atoms with Crippen molar-refractivity contribution in [2.45, 2.75) is 26.4 Å². The highest BCUT2D eigenvalue weighted by Crippen LogP contribution is 2.28. The smallest absolute Gasteiger partial charge is 0.337 e. The lowest BCUT2D eigenvalue weighted by atomic mass is 10.1. The average molecular weight is 312 g/mol. The SMILES string of the molecule is CCc1cc(=O)oc2nc(O[C@H](C)c3ccccc3)nc(O)c12. The normalized spacial score (nSPS) is 12.3. The van der Waals surface area contributed by atoms with Crippen molar-refractivity contribution in [2.75, 3.05) is 0 Å². The molecule has 0 radical (unpaired) electrons. The number of hydrogen-bond acceptors (Lipinski definition) is 6. The van der Waals surface area contributed by atoms with Gasteiger partial charge in [-0.1, -0.05) is 37.3 Å². The molecule has 1 aromatic carbocycles. The second kappa shape index (κ2) is 6.08. The third-order valence-electron chi connectivity index (χ3n) is 3.58. The molecule has 0 aliphatic heterocycles. The monoisotopic (exact) mass is 312 g/mol. The van der Waals surface area contributed by atoms with Crippen LogP contribution in [0.2, 0.25) is 0 Å². The number of benzene rings is 1. The number of nitrogens with zero attached hydrogens (tertiary/aromatic N) is 2. The molecule has 2 aromatic heterocycles. The van der Waals surface area contributed by atoms with Crippen LogP contribution in [-0.4, -0.2) is 15.1 Å². The quantitative estimate of drug-likeness (QED) is 0.797. The largest absolute Gasteiger partial charge is 0.493 e. The minimum absolute atomic E-state index is 0.0251. The first-order valence-electron chi connectivity index (χ1n) is 7.33. The Morgan fingerprint density at radius 1 is 1.26 bits per heavy atom. The van der Waals surface area contributed by atoms with Gasteiger partial charge in [-0.15, -0.1) is 0 Å². The molecule has 0 spiro atoms. The van der Waals surface area contributed by atoms with Gasteiger partial charge in [0.25, 0.3) is 0 Å². The van der Waals surface area contributed by atoms with E-state index < -0.39 is 5.63 Å². The number of rotatable bonds is 4. The van der Waals surface area contributed by atoms with Crippen molar-refractivity contribution in [3.63, 3.8) is 0 Å². The standard InChI is InChI=1S/C17H16N2O4/c1-3-11-9-13(20)23-16-14(11)15(21)18-17(19-16)22-10(2)12-7-5-4-6-8-12/h4-10H,3H2,1-2H3,(H,18,19,21)/t10-/m1/s1. The molecular weight excluding hydrogens is 296 g/mol. The van der Waals surface area contributed by atoms with E-state index >= 15 is 0 Å². The maximum absolute atomic E-state index is 11.6. The zero-order valence-electron chi connectivity index (χ0n) is 12.8. The molecule has 2 heterocycles. The Balaban J connectivity index is 2.01. The summed E-state index contributed by atoms with van der Waals surface area (Å²) in [5, 5.41) is 10.5. The van der Waals surface area contributed by atoms with Crippen LogP contribution in [0, 0.1) is 0 Å². The summed E-state index contributed by atoms with van der Waals surface area (Å²) in [7, 11) is 0. The third kappa shape index (κ3) is 3.01. The molecule has 1 atom stereocenters. The minimum Gasteiger partial charge on any atom is -0.493 e. The fourth-order valence-corrected chi connectivity index (χ4v) is 2.39. The zero-order chi connectivity index (χ0) is 16.4. The number of hydrogen-bond donors (Lipinski definition) is 1. The van der Waals surface area contributed by atoms with E-state index in [1.54, 1.807) is 0 Å². The van der Waals surface area contributed by atoms with Crippen LogP contribution in [0.1, 0.15) is 31.1 Å². The number of aryl methyl sites for hydroxylation is 1. The van der Waals surface area contributed by atoms with Gasteiger partial charge in [0.2, 0.25) is 11.6 Å². The average Bonchev–Trinajstić information content (AvgIpc) is 2.54. The molecule has 118 valence electrons. The van der Waals surface area contributed by atoms with Crippen LogP contribution < -0.4 is 10.4 Å². The van der Waals surface area contributed by atoms with Gasteiger partial charge in [-0.05, 0) is 24.5 Å². The van der Waals surface area contributed by atoms with Gasteiger partial charge in [0.15, 0.2) is 0 Å². The van der Waals surface area contributed by atoms with Crippen molar-refractivity contribution < 1.29 is 14.3 Å². The second-order valence-electron chi connectivity index (χ2n) is 5.12. The van der Waals surface area contributed by atoms with E-state index in [4.69, 9.17) is 9.15 Å². The van der Waals surface area contributed by atoms with Gasteiger partial charge in [-0.2, -0.15) is 9.97 Å². The Hall–Kier alpha value is -2.89. The molecule has 0 aliphatic rings. The molecule has 0 saturated carbocycles. The zero-order valence-corrected chi connectivity index (χ0v) is 12.8. The number of fused-ring (bicyclic) bond motifs is 1. The molecule has 0 unspecified atom stereocenters. The summed E-state index contributed by atoms with van der Waals surface area (Å²) in [6.07, 6.45) is 0.244. The van der Waals surface area contributed by atoms with Crippen molar-refractivity contribution in [1.82, 2.24) is 9.97 Å². The van der Waals surface area contributed by atoms with E-state index in [9.17, 15) is 9.90 Å². The molecule has 6 heteroatoms. The van der Waals surface area contributed by atoms with E-state index in [0.717, 1.165) is 5.56 Å². The summed E-state index contributed by atoms with van der Waals surface area (Å²) in [6, 6.07) is 10.8. The summed E-state index contributed by atoms with van der Waals surface area (Å²) >= 11 is 0. The molecule has 0 fully saturated rings. The summed E-state index contributed by atoms with van der Waals surface area (Å²) in [5.74, 6) is -0.258. The van der Waals surface area contributed by atoms with Crippen LogP contribution in [0.4, 0.5) is 0 Å².